The number of ether oxygens (including phenoxy) is 4. The van der Waals surface area contributed by atoms with Crippen LogP contribution in [0.25, 0.3) is 11.1 Å². The number of aromatic nitrogens is 1. The Morgan fingerprint density at radius 1 is 0.800 bits per heavy atom. The number of likely N-dealkylation sites (tertiary alicyclic amines) is 1. The normalized spacial score (nSPS) is 13.3. The van der Waals surface area contributed by atoms with Crippen molar-refractivity contribution in [1.82, 2.24) is 9.88 Å². The average Bonchev–Trinajstić information content (AvgIpc) is 2.93. The van der Waals surface area contributed by atoms with E-state index in [0.29, 0.717) is 38.1 Å². The Morgan fingerprint density at radius 3 is 2.00 bits per heavy atom. The predicted octanol–water partition coefficient (Wildman–Crippen LogP) is 6.90. The van der Waals surface area contributed by atoms with Crippen LogP contribution in [0.3, 0.4) is 0 Å². The van der Waals surface area contributed by atoms with Crippen LogP contribution in [0.5, 0.6) is 17.5 Å². The Kier molecular flexibility index (Phi) is 8.20. The predicted molar refractivity (Wildman–Crippen MR) is 153 cm³/mol. The van der Waals surface area contributed by atoms with E-state index in [4.69, 9.17) is 23.9 Å². The van der Waals surface area contributed by atoms with Crippen molar-refractivity contribution in [2.75, 3.05) is 13.1 Å². The lowest BCUT2D eigenvalue weighted by molar-refractivity contribution is -0.0221. The molecule has 3 aromatic carbocycles. The second-order valence-corrected chi connectivity index (χ2v) is 10.7. The summed E-state index contributed by atoms with van der Waals surface area (Å²) in [4.78, 5) is 18.5. The molecule has 0 spiro atoms. The molecular formula is C33H34N2O5. The van der Waals surface area contributed by atoms with E-state index >= 15 is 0 Å². The van der Waals surface area contributed by atoms with E-state index in [9.17, 15) is 4.79 Å². The van der Waals surface area contributed by atoms with Gasteiger partial charge < -0.3 is 23.8 Å². The maximum Gasteiger partial charge on any atom is 0.410 e. The van der Waals surface area contributed by atoms with Gasteiger partial charge in [0.15, 0.2) is 0 Å². The first kappa shape index (κ1) is 27.1. The molecule has 1 aromatic heterocycles. The van der Waals surface area contributed by atoms with Gasteiger partial charge in [-0.3, -0.25) is 0 Å². The molecule has 4 aromatic rings. The minimum atomic E-state index is -0.510. The number of pyridine rings is 1. The number of carbonyl (C=O) groups excluding carboxylic acids is 1. The van der Waals surface area contributed by atoms with Gasteiger partial charge in [-0.1, -0.05) is 72.8 Å². The maximum atomic E-state index is 12.2. The van der Waals surface area contributed by atoms with E-state index < -0.39 is 5.60 Å². The Balaban J connectivity index is 1.25. The molecule has 1 amide bonds. The Hall–Kier alpha value is -4.52. The van der Waals surface area contributed by atoms with Gasteiger partial charge in [-0.25, -0.2) is 4.79 Å². The van der Waals surface area contributed by atoms with Gasteiger partial charge in [0.2, 0.25) is 11.8 Å². The van der Waals surface area contributed by atoms with Crippen molar-refractivity contribution in [3.63, 3.8) is 0 Å². The maximum absolute atomic E-state index is 12.2. The summed E-state index contributed by atoms with van der Waals surface area (Å²) in [5.74, 6) is 1.73. The number of nitrogens with zero attached hydrogens (tertiary/aromatic N) is 2. The molecule has 1 saturated heterocycles. The van der Waals surface area contributed by atoms with Gasteiger partial charge in [-0.15, -0.1) is 0 Å². The van der Waals surface area contributed by atoms with Crippen LogP contribution in [0.15, 0.2) is 97.1 Å². The monoisotopic (exact) mass is 538 g/mol. The third-order valence-corrected chi connectivity index (χ3v) is 6.25. The topological polar surface area (TPSA) is 70.1 Å². The number of hydrogen-bond donors (Lipinski definition) is 0. The smallest absolute Gasteiger partial charge is 0.410 e. The van der Waals surface area contributed by atoms with Gasteiger partial charge in [0.25, 0.3) is 0 Å². The first-order valence-corrected chi connectivity index (χ1v) is 13.4. The number of benzene rings is 3. The summed E-state index contributed by atoms with van der Waals surface area (Å²) in [6.07, 6.45) is -0.375. The van der Waals surface area contributed by atoms with Crippen LogP contribution in [-0.2, 0) is 18.0 Å². The van der Waals surface area contributed by atoms with Crippen molar-refractivity contribution in [2.45, 2.75) is 45.7 Å². The van der Waals surface area contributed by atoms with Crippen LogP contribution in [0.4, 0.5) is 4.79 Å². The number of carbonyl (C=O) groups is 1. The third-order valence-electron chi connectivity index (χ3n) is 6.25. The fraction of sp³-hybridized carbons (Fsp3) is 0.273. The zero-order chi connectivity index (χ0) is 28.0. The summed E-state index contributed by atoms with van der Waals surface area (Å²) in [5, 5.41) is 0. The minimum Gasteiger partial charge on any atom is -0.487 e. The van der Waals surface area contributed by atoms with Gasteiger partial charge >= 0.3 is 6.09 Å². The molecule has 1 fully saturated rings. The van der Waals surface area contributed by atoms with E-state index in [1.165, 1.54) is 0 Å². The van der Waals surface area contributed by atoms with Crippen LogP contribution >= 0.6 is 0 Å². The molecule has 2 heterocycles. The van der Waals surface area contributed by atoms with Gasteiger partial charge in [0, 0.05) is 11.6 Å². The summed E-state index contributed by atoms with van der Waals surface area (Å²) >= 11 is 0. The van der Waals surface area contributed by atoms with Crippen molar-refractivity contribution in [1.29, 1.82) is 0 Å². The molecule has 1 aliphatic heterocycles. The molecule has 7 nitrogen and oxygen atoms in total. The zero-order valence-corrected chi connectivity index (χ0v) is 23.1. The molecule has 40 heavy (non-hydrogen) atoms. The average molecular weight is 539 g/mol. The third kappa shape index (κ3) is 7.32. The highest BCUT2D eigenvalue weighted by molar-refractivity contribution is 5.70. The first-order valence-electron chi connectivity index (χ1n) is 13.4. The van der Waals surface area contributed by atoms with Crippen LogP contribution in [0.2, 0.25) is 0 Å². The molecule has 0 aliphatic carbocycles. The second kappa shape index (κ2) is 12.1. The lowest BCUT2D eigenvalue weighted by Gasteiger charge is -2.39. The molecule has 0 N–H and O–H groups in total. The lowest BCUT2D eigenvalue weighted by atomic mass is 10.1. The summed E-state index contributed by atoms with van der Waals surface area (Å²) < 4.78 is 23.6. The highest BCUT2D eigenvalue weighted by atomic mass is 16.6. The van der Waals surface area contributed by atoms with Gasteiger partial charge in [0.05, 0.1) is 13.1 Å². The molecule has 0 unspecified atom stereocenters. The number of amides is 1. The van der Waals surface area contributed by atoms with Gasteiger partial charge in [0.1, 0.15) is 30.7 Å². The van der Waals surface area contributed by atoms with E-state index in [-0.39, 0.29) is 12.2 Å². The molecule has 0 radical (unpaired) electrons. The van der Waals surface area contributed by atoms with E-state index in [0.717, 1.165) is 28.0 Å². The Morgan fingerprint density at radius 2 is 1.40 bits per heavy atom. The molecule has 0 atom stereocenters. The summed E-state index contributed by atoms with van der Waals surface area (Å²) in [5.41, 5.74) is 3.41. The van der Waals surface area contributed by atoms with Crippen LogP contribution in [0, 0.1) is 0 Å². The number of hydrogen-bond acceptors (Lipinski definition) is 6. The highest BCUT2D eigenvalue weighted by Crippen LogP contribution is 2.33. The van der Waals surface area contributed by atoms with Crippen molar-refractivity contribution < 1.29 is 23.7 Å². The summed E-state index contributed by atoms with van der Waals surface area (Å²) in [6, 6.07) is 31.6. The van der Waals surface area contributed by atoms with E-state index in [1.54, 1.807) is 4.90 Å². The van der Waals surface area contributed by atoms with Crippen LogP contribution < -0.4 is 14.2 Å². The molecule has 0 saturated carbocycles. The molecule has 0 bridgehead atoms. The van der Waals surface area contributed by atoms with E-state index in [1.807, 2.05) is 118 Å². The van der Waals surface area contributed by atoms with Crippen molar-refractivity contribution in [2.24, 2.45) is 0 Å². The van der Waals surface area contributed by atoms with Crippen LogP contribution in [-0.4, -0.2) is 40.8 Å². The quantitative estimate of drug-likeness (QED) is 0.231. The Bertz CT molecular complexity index is 1400. The largest absolute Gasteiger partial charge is 0.487 e. The second-order valence-electron chi connectivity index (χ2n) is 10.7. The van der Waals surface area contributed by atoms with Crippen molar-refractivity contribution in [3.05, 3.63) is 108 Å². The lowest BCUT2D eigenvalue weighted by Crippen LogP contribution is -2.57. The van der Waals surface area contributed by atoms with Crippen molar-refractivity contribution in [3.8, 4) is 28.6 Å². The van der Waals surface area contributed by atoms with E-state index in [2.05, 4.69) is 0 Å². The number of rotatable bonds is 9. The van der Waals surface area contributed by atoms with Crippen molar-refractivity contribution >= 4 is 6.09 Å². The summed E-state index contributed by atoms with van der Waals surface area (Å²) in [6.45, 7) is 7.40. The molecule has 1 aliphatic rings. The van der Waals surface area contributed by atoms with Gasteiger partial charge in [-0.2, -0.15) is 4.98 Å². The minimum absolute atomic E-state index is 0.0640. The molecule has 7 heteroatoms. The highest BCUT2D eigenvalue weighted by Gasteiger charge is 2.35. The zero-order valence-electron chi connectivity index (χ0n) is 23.1. The molecule has 5 rings (SSSR count). The molecule has 206 valence electrons. The fourth-order valence-corrected chi connectivity index (χ4v) is 4.18. The Labute approximate surface area is 235 Å². The van der Waals surface area contributed by atoms with Crippen LogP contribution in [0.1, 0.15) is 31.9 Å². The summed E-state index contributed by atoms with van der Waals surface area (Å²) in [7, 11) is 0. The first-order chi connectivity index (χ1) is 19.3. The van der Waals surface area contributed by atoms with Gasteiger partial charge in [-0.05, 0) is 55.7 Å². The standard InChI is InChI=1S/C33H34N2O5/c1-33(2,3)40-32(36)35-20-28(21-35)39-27-16-14-26(15-17-27)29-18-19-30(37-22-24-10-6-4-7-11-24)34-31(29)38-23-25-12-8-5-9-13-25/h4-19,28H,20-23H2,1-3H3. The molecular weight excluding hydrogens is 504 g/mol. The fourth-order valence-electron chi connectivity index (χ4n) is 4.18. The SMILES string of the molecule is CC(C)(C)OC(=O)N1CC(Oc2ccc(-c3ccc(OCc4ccccc4)nc3OCc3ccccc3)cc2)C1.